The third-order valence-electron chi connectivity index (χ3n) is 1.71. The third kappa shape index (κ3) is 3.01. The summed E-state index contributed by atoms with van der Waals surface area (Å²) < 4.78 is 12.0. The van der Waals surface area contributed by atoms with Gasteiger partial charge in [-0.2, -0.15) is 3.89 Å². The summed E-state index contributed by atoms with van der Waals surface area (Å²) in [5, 5.41) is -0.105. The van der Waals surface area contributed by atoms with Gasteiger partial charge in [0.15, 0.2) is 5.17 Å². The Morgan fingerprint density at radius 3 is 2.86 bits per heavy atom. The lowest BCUT2D eigenvalue weighted by atomic mass is 10.1. The Kier molecular flexibility index (Phi) is 3.91. The van der Waals surface area contributed by atoms with E-state index < -0.39 is 0 Å². The number of nitrogens with two attached hydrogens (primary N) is 2. The molecule has 14 heavy (non-hydrogen) atoms. The highest BCUT2D eigenvalue weighted by atomic mass is 32.2. The predicted octanol–water partition coefficient (Wildman–Crippen LogP) is 2.27. The maximum Gasteiger partial charge on any atom is 0.192 e. The molecule has 0 aliphatic heterocycles. The van der Waals surface area contributed by atoms with Gasteiger partial charge in [-0.1, -0.05) is 12.1 Å². The molecule has 1 aromatic carbocycles. The molecule has 1 rings (SSSR count). The summed E-state index contributed by atoms with van der Waals surface area (Å²) in [6.07, 6.45) is 0. The molecule has 0 heterocycles. The van der Waals surface area contributed by atoms with E-state index in [0.29, 0.717) is 5.69 Å². The molecule has 0 amide bonds. The normalized spacial score (nSPS) is 14.1. The molecule has 0 radical (unpaired) electrons. The van der Waals surface area contributed by atoms with Gasteiger partial charge in [0, 0.05) is 6.04 Å². The first kappa shape index (κ1) is 11.0. The van der Waals surface area contributed by atoms with Crippen molar-refractivity contribution >= 4 is 23.0 Å². The summed E-state index contributed by atoms with van der Waals surface area (Å²) in [5.74, 6) is 0. The van der Waals surface area contributed by atoms with Gasteiger partial charge >= 0.3 is 0 Å². The van der Waals surface area contributed by atoms with E-state index in [0.717, 1.165) is 5.56 Å². The number of benzene rings is 1. The first-order valence-corrected chi connectivity index (χ1v) is 4.83. The Balaban J connectivity index is 2.94. The minimum atomic E-state index is -0.105. The summed E-state index contributed by atoms with van der Waals surface area (Å²) in [5.41, 5.74) is 12.5. The molecular formula is C9H12FN3S. The predicted molar refractivity (Wildman–Crippen MR) is 59.0 cm³/mol. The molecule has 3 nitrogen and oxygen atoms in total. The summed E-state index contributed by atoms with van der Waals surface area (Å²) in [4.78, 5) is 3.85. The first-order valence-electron chi connectivity index (χ1n) is 4.12. The third-order valence-corrected chi connectivity index (χ3v) is 1.96. The van der Waals surface area contributed by atoms with Crippen LogP contribution in [0.2, 0.25) is 0 Å². The minimum Gasteiger partial charge on any atom is -0.376 e. The van der Waals surface area contributed by atoms with Crippen LogP contribution < -0.4 is 11.5 Å². The highest BCUT2D eigenvalue weighted by Crippen LogP contribution is 2.19. The zero-order valence-electron chi connectivity index (χ0n) is 7.77. The monoisotopic (exact) mass is 213 g/mol. The Hall–Kier alpha value is -1.07. The molecule has 0 spiro atoms. The van der Waals surface area contributed by atoms with Crippen LogP contribution in [0.3, 0.4) is 0 Å². The summed E-state index contributed by atoms with van der Waals surface area (Å²) in [6, 6.07) is 7.17. The Morgan fingerprint density at radius 1 is 1.57 bits per heavy atom. The molecule has 0 aromatic heterocycles. The number of hydrogen-bond acceptors (Lipinski definition) is 3. The van der Waals surface area contributed by atoms with Crippen LogP contribution in [0.5, 0.6) is 0 Å². The van der Waals surface area contributed by atoms with Crippen molar-refractivity contribution in [1.82, 2.24) is 0 Å². The van der Waals surface area contributed by atoms with Crippen LogP contribution in [0.25, 0.3) is 0 Å². The number of halogens is 1. The first-order chi connectivity index (χ1) is 6.63. The molecule has 0 saturated heterocycles. The molecular weight excluding hydrogens is 201 g/mol. The lowest BCUT2D eigenvalue weighted by Crippen LogP contribution is -2.05. The van der Waals surface area contributed by atoms with Crippen molar-refractivity contribution in [3.63, 3.8) is 0 Å². The van der Waals surface area contributed by atoms with Crippen molar-refractivity contribution in [2.75, 3.05) is 0 Å². The quantitative estimate of drug-likeness (QED) is 0.585. The number of aliphatic imine (C=N–C) groups is 1. The number of rotatable bonds is 2. The highest BCUT2D eigenvalue weighted by Gasteiger charge is 2.00. The molecule has 1 aromatic rings. The second-order valence-corrected chi connectivity index (χ2v) is 3.48. The van der Waals surface area contributed by atoms with Gasteiger partial charge in [0.1, 0.15) is 12.1 Å². The fraction of sp³-hybridized carbons (Fsp3) is 0.222. The van der Waals surface area contributed by atoms with Gasteiger partial charge in [-0.05, 0) is 24.6 Å². The second kappa shape index (κ2) is 4.97. The van der Waals surface area contributed by atoms with E-state index >= 15 is 0 Å². The topological polar surface area (TPSA) is 64.4 Å². The van der Waals surface area contributed by atoms with Crippen LogP contribution in [0, 0.1) is 0 Å². The van der Waals surface area contributed by atoms with E-state index in [2.05, 4.69) is 4.99 Å². The maximum absolute atomic E-state index is 12.0. The van der Waals surface area contributed by atoms with Crippen LogP contribution in [0.1, 0.15) is 18.5 Å². The average Bonchev–Trinajstić information content (AvgIpc) is 2.18. The van der Waals surface area contributed by atoms with Crippen molar-refractivity contribution in [2.24, 2.45) is 16.5 Å². The van der Waals surface area contributed by atoms with Crippen LogP contribution in [-0.4, -0.2) is 5.17 Å². The SMILES string of the molecule is CC(N)c1cccc(N=C(N)SF)c1. The summed E-state index contributed by atoms with van der Waals surface area (Å²) in [7, 11) is 0. The molecule has 0 fully saturated rings. The lowest BCUT2D eigenvalue weighted by molar-refractivity contribution is 0.818. The molecule has 76 valence electrons. The maximum atomic E-state index is 12.0. The zero-order valence-corrected chi connectivity index (χ0v) is 8.59. The van der Waals surface area contributed by atoms with Gasteiger partial charge in [0.2, 0.25) is 0 Å². The molecule has 5 heteroatoms. The Morgan fingerprint density at radius 2 is 2.29 bits per heavy atom. The van der Waals surface area contributed by atoms with Gasteiger partial charge in [-0.15, -0.1) is 0 Å². The fourth-order valence-electron chi connectivity index (χ4n) is 1.02. The largest absolute Gasteiger partial charge is 0.376 e. The zero-order chi connectivity index (χ0) is 10.6. The van der Waals surface area contributed by atoms with E-state index in [1.54, 1.807) is 12.1 Å². The van der Waals surface area contributed by atoms with Gasteiger partial charge in [0.05, 0.1) is 5.69 Å². The number of amidine groups is 1. The van der Waals surface area contributed by atoms with Gasteiger partial charge in [0.25, 0.3) is 0 Å². The molecule has 1 atom stereocenters. The smallest absolute Gasteiger partial charge is 0.192 e. The van der Waals surface area contributed by atoms with Crippen LogP contribution in [0.15, 0.2) is 29.3 Å². The summed E-state index contributed by atoms with van der Waals surface area (Å²) in [6.45, 7) is 1.87. The Bertz CT molecular complexity index is 339. The van der Waals surface area contributed by atoms with E-state index in [1.807, 2.05) is 19.1 Å². The highest BCUT2D eigenvalue weighted by molar-refractivity contribution is 8.09. The van der Waals surface area contributed by atoms with Crippen LogP contribution in [0.4, 0.5) is 9.57 Å². The van der Waals surface area contributed by atoms with Crippen LogP contribution >= 0.6 is 12.1 Å². The molecule has 0 aliphatic rings. The van der Waals surface area contributed by atoms with Gasteiger partial charge < -0.3 is 11.5 Å². The van der Waals surface area contributed by atoms with Gasteiger partial charge in [-0.25, -0.2) is 4.99 Å². The summed E-state index contributed by atoms with van der Waals surface area (Å²) >= 11 is -0.0696. The van der Waals surface area contributed by atoms with Crippen molar-refractivity contribution < 1.29 is 3.89 Å². The molecule has 0 aliphatic carbocycles. The van der Waals surface area contributed by atoms with Crippen molar-refractivity contribution in [3.05, 3.63) is 29.8 Å². The van der Waals surface area contributed by atoms with Crippen LogP contribution in [-0.2, 0) is 0 Å². The van der Waals surface area contributed by atoms with Crippen molar-refractivity contribution in [3.8, 4) is 0 Å². The molecule has 0 bridgehead atoms. The van der Waals surface area contributed by atoms with E-state index in [1.165, 1.54) is 0 Å². The van der Waals surface area contributed by atoms with E-state index in [9.17, 15) is 3.89 Å². The molecule has 0 saturated carbocycles. The van der Waals surface area contributed by atoms with Crippen molar-refractivity contribution in [2.45, 2.75) is 13.0 Å². The minimum absolute atomic E-state index is 0.0654. The number of nitrogens with zero attached hydrogens (tertiary/aromatic N) is 1. The lowest BCUT2D eigenvalue weighted by Gasteiger charge is -2.05. The van der Waals surface area contributed by atoms with Crippen molar-refractivity contribution in [1.29, 1.82) is 0 Å². The standard InChI is InChI=1S/C9H12FN3S/c1-6(11)7-3-2-4-8(5-7)13-9(12)14-10/h2-6H,11H2,1H3,(H2,12,13). The van der Waals surface area contributed by atoms with E-state index in [-0.39, 0.29) is 23.4 Å². The number of hydrogen-bond donors (Lipinski definition) is 2. The van der Waals surface area contributed by atoms with E-state index in [4.69, 9.17) is 11.5 Å². The molecule has 1 unspecified atom stereocenters. The Labute approximate surface area is 86.7 Å². The second-order valence-electron chi connectivity index (χ2n) is 2.91. The average molecular weight is 213 g/mol. The van der Waals surface area contributed by atoms with Gasteiger partial charge in [-0.3, -0.25) is 0 Å². The fourth-order valence-corrected chi connectivity index (χ4v) is 1.16. The molecule has 4 N–H and O–H groups in total.